The molecular weight excluding hydrogens is 262 g/mol. The fourth-order valence-electron chi connectivity index (χ4n) is 3.06. The van der Waals surface area contributed by atoms with Gasteiger partial charge in [-0.05, 0) is 38.6 Å². The third-order valence-electron chi connectivity index (χ3n) is 4.41. The number of hydrogen-bond acceptors (Lipinski definition) is 3. The van der Waals surface area contributed by atoms with Gasteiger partial charge in [0.15, 0.2) is 0 Å². The summed E-state index contributed by atoms with van der Waals surface area (Å²) in [7, 11) is 3.93. The minimum absolute atomic E-state index is 0.929. The van der Waals surface area contributed by atoms with Crippen LogP contribution in [0.15, 0.2) is 24.3 Å². The van der Waals surface area contributed by atoms with Gasteiger partial charge in [-0.2, -0.15) is 0 Å². The van der Waals surface area contributed by atoms with E-state index in [2.05, 4.69) is 34.0 Å². The fraction of sp³-hybridized carbons (Fsp3) is 0.529. The van der Waals surface area contributed by atoms with Crippen LogP contribution in [0.25, 0.3) is 10.9 Å². The number of fused-ring (bicyclic) bond motifs is 1. The zero-order valence-electron chi connectivity index (χ0n) is 13.1. The lowest BCUT2D eigenvalue weighted by atomic mass is 10.2. The summed E-state index contributed by atoms with van der Waals surface area (Å²) in [6.45, 7) is 6.00. The van der Waals surface area contributed by atoms with Crippen LogP contribution < -0.4 is 4.74 Å². The largest absolute Gasteiger partial charge is 0.495 e. The Hall–Kier alpha value is -1.52. The first-order chi connectivity index (χ1) is 10.3. The molecule has 1 N–H and O–H groups in total. The molecule has 4 nitrogen and oxygen atoms in total. The number of likely N-dealkylation sites (N-methyl/N-ethyl adjacent to an activating group) is 1. The molecule has 1 aliphatic heterocycles. The smallest absolute Gasteiger partial charge is 0.142 e. The Bertz CT molecular complexity index is 585. The van der Waals surface area contributed by atoms with Crippen molar-refractivity contribution in [2.75, 3.05) is 46.9 Å². The molecule has 21 heavy (non-hydrogen) atoms. The quantitative estimate of drug-likeness (QED) is 0.916. The maximum Gasteiger partial charge on any atom is 0.142 e. The van der Waals surface area contributed by atoms with Crippen LogP contribution in [0, 0.1) is 0 Å². The summed E-state index contributed by atoms with van der Waals surface area (Å²) in [5.74, 6) is 0.929. The molecule has 1 aromatic carbocycles. The van der Waals surface area contributed by atoms with E-state index in [9.17, 15) is 0 Å². The van der Waals surface area contributed by atoms with Crippen molar-refractivity contribution in [3.05, 3.63) is 30.0 Å². The maximum absolute atomic E-state index is 5.41. The van der Waals surface area contributed by atoms with Crippen molar-refractivity contribution in [1.29, 1.82) is 0 Å². The summed E-state index contributed by atoms with van der Waals surface area (Å²) in [4.78, 5) is 8.48. The second-order valence-electron chi connectivity index (χ2n) is 5.97. The number of nitrogens with zero attached hydrogens (tertiary/aromatic N) is 2. The molecule has 1 aromatic heterocycles. The van der Waals surface area contributed by atoms with Crippen LogP contribution in [0.2, 0.25) is 0 Å². The van der Waals surface area contributed by atoms with E-state index in [-0.39, 0.29) is 0 Å². The van der Waals surface area contributed by atoms with Gasteiger partial charge in [0.05, 0.1) is 12.6 Å². The molecular formula is C17H25N3O. The highest BCUT2D eigenvalue weighted by atomic mass is 16.5. The van der Waals surface area contributed by atoms with Crippen molar-refractivity contribution in [3.63, 3.8) is 0 Å². The summed E-state index contributed by atoms with van der Waals surface area (Å²) in [6.07, 6.45) is 2.31. The molecule has 0 saturated carbocycles. The average molecular weight is 287 g/mol. The number of piperazine rings is 1. The molecule has 4 heteroatoms. The third kappa shape index (κ3) is 3.39. The molecule has 0 unspecified atom stereocenters. The molecule has 2 aromatic rings. The number of aromatic nitrogens is 1. The highest BCUT2D eigenvalue weighted by molar-refractivity contribution is 5.86. The number of ether oxygens (including phenoxy) is 1. The van der Waals surface area contributed by atoms with E-state index in [1.165, 1.54) is 50.2 Å². The monoisotopic (exact) mass is 287 g/mol. The lowest BCUT2D eigenvalue weighted by Gasteiger charge is -2.32. The summed E-state index contributed by atoms with van der Waals surface area (Å²) in [5.41, 5.74) is 2.43. The molecule has 0 spiro atoms. The molecule has 0 atom stereocenters. The van der Waals surface area contributed by atoms with Crippen LogP contribution >= 0.6 is 0 Å². The van der Waals surface area contributed by atoms with Crippen molar-refractivity contribution >= 4 is 10.9 Å². The van der Waals surface area contributed by atoms with Gasteiger partial charge in [-0.15, -0.1) is 0 Å². The molecule has 2 heterocycles. The number of nitrogens with one attached hydrogen (secondary N) is 1. The van der Waals surface area contributed by atoms with Gasteiger partial charge in [0, 0.05) is 37.3 Å². The SMILES string of the molecule is COc1cccc2cc(CCCN3CCN(C)CC3)[nH]c12. The van der Waals surface area contributed by atoms with Gasteiger partial charge >= 0.3 is 0 Å². The van der Waals surface area contributed by atoms with E-state index in [0.717, 1.165) is 17.7 Å². The predicted octanol–water partition coefficient (Wildman–Crippen LogP) is 2.36. The number of methoxy groups -OCH3 is 1. The van der Waals surface area contributed by atoms with E-state index in [1.807, 2.05) is 12.1 Å². The maximum atomic E-state index is 5.41. The van der Waals surface area contributed by atoms with E-state index < -0.39 is 0 Å². The Morgan fingerprint density at radius 1 is 1.19 bits per heavy atom. The topological polar surface area (TPSA) is 31.5 Å². The number of aryl methyl sites for hydroxylation is 1. The van der Waals surface area contributed by atoms with Gasteiger partial charge in [0.1, 0.15) is 5.75 Å². The standard InChI is InChI=1S/C17H25N3O/c1-19-9-11-20(12-10-19)8-4-6-15-13-14-5-3-7-16(21-2)17(14)18-15/h3,5,7,13,18H,4,6,8-12H2,1-2H3. The normalized spacial score (nSPS) is 17.4. The van der Waals surface area contributed by atoms with Crippen LogP contribution in [0.5, 0.6) is 5.75 Å². The van der Waals surface area contributed by atoms with E-state index >= 15 is 0 Å². The van der Waals surface area contributed by atoms with Crippen LogP contribution in [-0.2, 0) is 6.42 Å². The molecule has 0 radical (unpaired) electrons. The van der Waals surface area contributed by atoms with Gasteiger partial charge in [-0.1, -0.05) is 12.1 Å². The van der Waals surface area contributed by atoms with Crippen molar-refractivity contribution in [2.24, 2.45) is 0 Å². The third-order valence-corrected chi connectivity index (χ3v) is 4.41. The first kappa shape index (κ1) is 14.4. The van der Waals surface area contributed by atoms with Gasteiger partial charge in [-0.25, -0.2) is 0 Å². The Morgan fingerprint density at radius 2 is 2.00 bits per heavy atom. The minimum atomic E-state index is 0.929. The first-order valence-electron chi connectivity index (χ1n) is 7.82. The van der Waals surface area contributed by atoms with Crippen molar-refractivity contribution < 1.29 is 4.74 Å². The Labute approximate surface area is 126 Å². The van der Waals surface area contributed by atoms with Gasteiger partial charge in [0.2, 0.25) is 0 Å². The van der Waals surface area contributed by atoms with E-state index in [1.54, 1.807) is 7.11 Å². The van der Waals surface area contributed by atoms with Crippen molar-refractivity contribution in [2.45, 2.75) is 12.8 Å². The molecule has 1 aliphatic rings. The summed E-state index contributed by atoms with van der Waals surface area (Å²) < 4.78 is 5.41. The predicted molar refractivity (Wildman–Crippen MR) is 87.1 cm³/mol. The number of aromatic amines is 1. The number of H-pyrrole nitrogens is 1. The molecule has 3 rings (SSSR count). The summed E-state index contributed by atoms with van der Waals surface area (Å²) in [5, 5.41) is 1.24. The second-order valence-corrected chi connectivity index (χ2v) is 5.97. The number of para-hydroxylation sites is 1. The number of rotatable bonds is 5. The molecule has 0 aliphatic carbocycles. The minimum Gasteiger partial charge on any atom is -0.495 e. The molecule has 0 amide bonds. The van der Waals surface area contributed by atoms with Crippen LogP contribution in [-0.4, -0.2) is 61.7 Å². The molecule has 1 saturated heterocycles. The fourth-order valence-corrected chi connectivity index (χ4v) is 3.06. The number of hydrogen-bond donors (Lipinski definition) is 1. The molecule has 0 bridgehead atoms. The highest BCUT2D eigenvalue weighted by Gasteiger charge is 2.13. The van der Waals surface area contributed by atoms with Gasteiger partial charge in [0.25, 0.3) is 0 Å². The van der Waals surface area contributed by atoms with Gasteiger partial charge < -0.3 is 19.5 Å². The van der Waals surface area contributed by atoms with Crippen molar-refractivity contribution in [3.8, 4) is 5.75 Å². The molecule has 1 fully saturated rings. The first-order valence-corrected chi connectivity index (χ1v) is 7.82. The van der Waals surface area contributed by atoms with Crippen molar-refractivity contribution in [1.82, 2.24) is 14.8 Å². The number of benzene rings is 1. The zero-order chi connectivity index (χ0) is 14.7. The van der Waals surface area contributed by atoms with Crippen LogP contribution in [0.3, 0.4) is 0 Å². The van der Waals surface area contributed by atoms with E-state index in [0.29, 0.717) is 0 Å². The Kier molecular flexibility index (Phi) is 4.46. The average Bonchev–Trinajstić information content (AvgIpc) is 2.92. The lowest BCUT2D eigenvalue weighted by molar-refractivity contribution is 0.153. The summed E-state index contributed by atoms with van der Waals surface area (Å²) >= 11 is 0. The van der Waals surface area contributed by atoms with E-state index in [4.69, 9.17) is 4.74 Å². The lowest BCUT2D eigenvalue weighted by Crippen LogP contribution is -2.44. The zero-order valence-corrected chi connectivity index (χ0v) is 13.1. The Morgan fingerprint density at radius 3 is 2.76 bits per heavy atom. The molecule has 114 valence electrons. The van der Waals surface area contributed by atoms with Gasteiger partial charge in [-0.3, -0.25) is 0 Å². The Balaban J connectivity index is 1.56. The second kappa shape index (κ2) is 6.50. The van der Waals surface area contributed by atoms with Crippen LogP contribution in [0.4, 0.5) is 0 Å². The summed E-state index contributed by atoms with van der Waals surface area (Å²) in [6, 6.07) is 8.44. The highest BCUT2D eigenvalue weighted by Crippen LogP contribution is 2.25. The van der Waals surface area contributed by atoms with Crippen LogP contribution in [0.1, 0.15) is 12.1 Å².